The zero-order chi connectivity index (χ0) is 17.4. The van der Waals surface area contributed by atoms with E-state index in [4.69, 9.17) is 10.2 Å². The van der Waals surface area contributed by atoms with Gasteiger partial charge in [-0.2, -0.15) is 11.8 Å². The Morgan fingerprint density at radius 3 is 2.67 bits per heavy atom. The van der Waals surface area contributed by atoms with Gasteiger partial charge in [0.05, 0.1) is 11.5 Å². The highest BCUT2D eigenvalue weighted by molar-refractivity contribution is 7.99. The number of aromatic nitrogens is 2. The summed E-state index contributed by atoms with van der Waals surface area (Å²) in [6.45, 7) is 0.236. The molecule has 7 nitrogen and oxygen atoms in total. The van der Waals surface area contributed by atoms with Crippen molar-refractivity contribution in [3.63, 3.8) is 0 Å². The Morgan fingerprint density at radius 2 is 2.00 bits per heavy atom. The lowest BCUT2D eigenvalue weighted by molar-refractivity contribution is -0.118. The number of carbonyl (C=O) groups is 2. The molecule has 24 heavy (non-hydrogen) atoms. The second kappa shape index (κ2) is 9.33. The molecule has 128 valence electrons. The first-order chi connectivity index (χ1) is 11.6. The molecule has 0 fully saturated rings. The smallest absolute Gasteiger partial charge is 0.277 e. The van der Waals surface area contributed by atoms with E-state index in [1.54, 1.807) is 11.8 Å². The average Bonchev–Trinajstić information content (AvgIpc) is 3.02. The molecule has 0 saturated heterocycles. The molecule has 0 bridgehead atoms. The Kier molecular flexibility index (Phi) is 7.13. The van der Waals surface area contributed by atoms with E-state index >= 15 is 0 Å². The van der Waals surface area contributed by atoms with Crippen molar-refractivity contribution in [2.24, 2.45) is 5.73 Å². The summed E-state index contributed by atoms with van der Waals surface area (Å²) in [5, 5.41) is 8.16. The summed E-state index contributed by atoms with van der Waals surface area (Å²) < 4.78 is 5.43. The fraction of sp³-hybridized carbons (Fsp3) is 0.333. The number of hydrogen-bond donors (Lipinski definition) is 1. The van der Waals surface area contributed by atoms with Gasteiger partial charge in [0.1, 0.15) is 0 Å². The van der Waals surface area contributed by atoms with Crippen molar-refractivity contribution in [1.29, 1.82) is 0 Å². The molecule has 1 aromatic carbocycles. The Labute approximate surface area is 148 Å². The van der Waals surface area contributed by atoms with Gasteiger partial charge in [0, 0.05) is 18.7 Å². The minimum Gasteiger partial charge on any atom is -0.415 e. The molecule has 0 aliphatic heterocycles. The SMILES string of the molecule is CSCc1nnc(SCC(=O)N(CCC(N)=O)c2ccccc2)o1. The van der Waals surface area contributed by atoms with E-state index in [2.05, 4.69) is 10.2 Å². The number of amides is 2. The summed E-state index contributed by atoms with van der Waals surface area (Å²) in [6, 6.07) is 9.15. The monoisotopic (exact) mass is 366 g/mol. The van der Waals surface area contributed by atoms with Crippen LogP contribution in [0.4, 0.5) is 5.69 Å². The lowest BCUT2D eigenvalue weighted by Gasteiger charge is -2.21. The molecule has 0 spiro atoms. The number of rotatable bonds is 9. The number of primary amides is 1. The first-order valence-electron chi connectivity index (χ1n) is 7.18. The van der Waals surface area contributed by atoms with E-state index < -0.39 is 5.91 Å². The van der Waals surface area contributed by atoms with Gasteiger partial charge in [-0.3, -0.25) is 9.59 Å². The molecule has 0 aliphatic carbocycles. The number of anilines is 1. The zero-order valence-corrected chi connectivity index (χ0v) is 14.8. The first kappa shape index (κ1) is 18.3. The van der Waals surface area contributed by atoms with Gasteiger partial charge < -0.3 is 15.1 Å². The maximum absolute atomic E-state index is 12.5. The molecule has 2 aromatic rings. The quantitative estimate of drug-likeness (QED) is 0.676. The van der Waals surface area contributed by atoms with Gasteiger partial charge in [-0.15, -0.1) is 10.2 Å². The molecule has 2 rings (SSSR count). The lowest BCUT2D eigenvalue weighted by Crippen LogP contribution is -2.35. The van der Waals surface area contributed by atoms with E-state index in [1.165, 1.54) is 16.7 Å². The fourth-order valence-corrected chi connectivity index (χ4v) is 2.93. The summed E-state index contributed by atoms with van der Waals surface area (Å²) in [6.07, 6.45) is 2.04. The molecule has 2 N–H and O–H groups in total. The highest BCUT2D eigenvalue weighted by Gasteiger charge is 2.18. The summed E-state index contributed by atoms with van der Waals surface area (Å²) in [5.41, 5.74) is 5.92. The Hall–Kier alpha value is -2.00. The molecule has 0 unspecified atom stereocenters. The topological polar surface area (TPSA) is 102 Å². The van der Waals surface area contributed by atoms with Crippen LogP contribution in [0.1, 0.15) is 12.3 Å². The number of benzene rings is 1. The van der Waals surface area contributed by atoms with Crippen LogP contribution in [-0.2, 0) is 15.3 Å². The van der Waals surface area contributed by atoms with Crippen LogP contribution in [0, 0.1) is 0 Å². The van der Waals surface area contributed by atoms with Crippen LogP contribution in [-0.4, -0.2) is 40.6 Å². The van der Waals surface area contributed by atoms with E-state index in [9.17, 15) is 9.59 Å². The first-order valence-corrected chi connectivity index (χ1v) is 9.56. The fourth-order valence-electron chi connectivity index (χ4n) is 1.91. The van der Waals surface area contributed by atoms with Gasteiger partial charge in [0.15, 0.2) is 0 Å². The van der Waals surface area contributed by atoms with E-state index in [-0.39, 0.29) is 24.6 Å². The summed E-state index contributed by atoms with van der Waals surface area (Å²) >= 11 is 2.76. The minimum atomic E-state index is -0.449. The molecule has 0 aliphatic rings. The number of nitrogens with zero attached hydrogens (tertiary/aromatic N) is 3. The van der Waals surface area contributed by atoms with E-state index in [1.807, 2.05) is 36.6 Å². The average molecular weight is 366 g/mol. The molecule has 2 amide bonds. The predicted octanol–water partition coefficient (Wildman–Crippen LogP) is 1.93. The maximum atomic E-state index is 12.5. The molecule has 1 heterocycles. The number of nitrogens with two attached hydrogens (primary N) is 1. The third kappa shape index (κ3) is 5.57. The maximum Gasteiger partial charge on any atom is 0.277 e. The van der Waals surface area contributed by atoms with Crippen molar-refractivity contribution < 1.29 is 14.0 Å². The largest absolute Gasteiger partial charge is 0.415 e. The van der Waals surface area contributed by atoms with Crippen LogP contribution in [0.3, 0.4) is 0 Å². The van der Waals surface area contributed by atoms with E-state index in [0.29, 0.717) is 16.9 Å². The molecular weight excluding hydrogens is 348 g/mol. The normalized spacial score (nSPS) is 10.5. The van der Waals surface area contributed by atoms with Crippen LogP contribution >= 0.6 is 23.5 Å². The molecule has 0 radical (unpaired) electrons. The van der Waals surface area contributed by atoms with Crippen molar-refractivity contribution >= 4 is 41.0 Å². The standard InChI is InChI=1S/C15H18N4O3S2/c1-23-9-13-17-18-15(22-13)24-10-14(21)19(8-7-12(16)20)11-5-3-2-4-6-11/h2-6H,7-10H2,1H3,(H2,16,20). The summed E-state index contributed by atoms with van der Waals surface area (Å²) in [7, 11) is 0. The Morgan fingerprint density at radius 1 is 1.25 bits per heavy atom. The van der Waals surface area contributed by atoms with Gasteiger partial charge in [-0.25, -0.2) is 0 Å². The highest BCUT2D eigenvalue weighted by atomic mass is 32.2. The summed E-state index contributed by atoms with van der Waals surface area (Å²) in [5.74, 6) is 0.698. The molecule has 9 heteroatoms. The van der Waals surface area contributed by atoms with Crippen molar-refractivity contribution in [2.45, 2.75) is 17.4 Å². The minimum absolute atomic E-state index is 0.101. The molecule has 0 saturated carbocycles. The van der Waals surface area contributed by atoms with Crippen LogP contribution in [0.25, 0.3) is 0 Å². The van der Waals surface area contributed by atoms with Crippen molar-refractivity contribution in [2.75, 3.05) is 23.5 Å². The van der Waals surface area contributed by atoms with Crippen LogP contribution in [0.2, 0.25) is 0 Å². The van der Waals surface area contributed by atoms with Crippen molar-refractivity contribution in [3.8, 4) is 0 Å². The second-order valence-electron chi connectivity index (χ2n) is 4.78. The number of carbonyl (C=O) groups excluding carboxylic acids is 2. The molecule has 0 atom stereocenters. The van der Waals surface area contributed by atoms with Crippen LogP contribution < -0.4 is 10.6 Å². The number of para-hydroxylation sites is 1. The van der Waals surface area contributed by atoms with Crippen LogP contribution in [0.15, 0.2) is 40.0 Å². The third-order valence-corrected chi connectivity index (χ3v) is 4.32. The van der Waals surface area contributed by atoms with Gasteiger partial charge >= 0.3 is 0 Å². The molecule has 1 aromatic heterocycles. The van der Waals surface area contributed by atoms with Crippen molar-refractivity contribution in [3.05, 3.63) is 36.2 Å². The van der Waals surface area contributed by atoms with Gasteiger partial charge in [0.2, 0.25) is 17.7 Å². The number of hydrogen-bond acceptors (Lipinski definition) is 7. The predicted molar refractivity (Wildman–Crippen MR) is 94.8 cm³/mol. The highest BCUT2D eigenvalue weighted by Crippen LogP contribution is 2.21. The Bertz CT molecular complexity index is 678. The van der Waals surface area contributed by atoms with Crippen LogP contribution in [0.5, 0.6) is 0 Å². The zero-order valence-electron chi connectivity index (χ0n) is 13.2. The van der Waals surface area contributed by atoms with Gasteiger partial charge in [-0.1, -0.05) is 30.0 Å². The van der Waals surface area contributed by atoms with Crippen molar-refractivity contribution in [1.82, 2.24) is 10.2 Å². The van der Waals surface area contributed by atoms with E-state index in [0.717, 1.165) is 5.69 Å². The summed E-state index contributed by atoms with van der Waals surface area (Å²) in [4.78, 5) is 25.1. The molecular formula is C15H18N4O3S2. The van der Waals surface area contributed by atoms with Gasteiger partial charge in [0.25, 0.3) is 5.22 Å². The second-order valence-corrected chi connectivity index (χ2v) is 6.57. The Balaban J connectivity index is 1.99. The van der Waals surface area contributed by atoms with Gasteiger partial charge in [-0.05, 0) is 18.4 Å². The number of thioether (sulfide) groups is 2. The third-order valence-electron chi connectivity index (χ3n) is 2.99. The lowest BCUT2D eigenvalue weighted by atomic mass is 10.2.